The molecular formula is C16H19Cl5. The highest BCUT2D eigenvalue weighted by Gasteiger charge is 2.65. The molecule has 21 heavy (non-hydrogen) atoms. The lowest BCUT2D eigenvalue weighted by molar-refractivity contribution is 0.382. The zero-order valence-corrected chi connectivity index (χ0v) is 15.9. The minimum Gasteiger partial charge on any atom is -0.101 e. The predicted octanol–water partition coefficient (Wildman–Crippen LogP) is 7.75. The molecule has 0 amide bonds. The molecule has 0 aliphatic heterocycles. The topological polar surface area (TPSA) is 0 Å². The first-order chi connectivity index (χ1) is 9.84. The van der Waals surface area contributed by atoms with Crippen molar-refractivity contribution in [3.63, 3.8) is 0 Å². The molecule has 2 unspecified atom stereocenters. The highest BCUT2D eigenvalue weighted by atomic mass is 35.5. The standard InChI is InChI=1S/C16H19Cl5/c1-3-5-9(6-4-2)13-14(16(13,20)21)10-7-11(17)15(19)12(18)8-10/h7-9,13-14H,3-6H2,1-2H3. The number of alkyl halides is 2. The fraction of sp³-hybridized carbons (Fsp3) is 0.625. The van der Waals surface area contributed by atoms with Gasteiger partial charge in [0.2, 0.25) is 0 Å². The summed E-state index contributed by atoms with van der Waals surface area (Å²) in [5.41, 5.74) is 0.988. The van der Waals surface area contributed by atoms with Crippen molar-refractivity contribution in [2.75, 3.05) is 0 Å². The second-order valence-electron chi connectivity index (χ2n) is 5.81. The van der Waals surface area contributed by atoms with E-state index in [1.54, 1.807) is 0 Å². The lowest BCUT2D eigenvalue weighted by Gasteiger charge is -2.15. The van der Waals surface area contributed by atoms with Crippen LogP contribution in [0.3, 0.4) is 0 Å². The fourth-order valence-corrected chi connectivity index (χ4v) is 4.99. The summed E-state index contributed by atoms with van der Waals surface area (Å²) in [7, 11) is 0. The molecule has 0 heterocycles. The summed E-state index contributed by atoms with van der Waals surface area (Å²) >= 11 is 31.4. The molecule has 0 N–H and O–H groups in total. The van der Waals surface area contributed by atoms with E-state index in [1.165, 1.54) is 0 Å². The zero-order chi connectivity index (χ0) is 15.8. The zero-order valence-electron chi connectivity index (χ0n) is 12.1. The molecule has 0 nitrogen and oxygen atoms in total. The lowest BCUT2D eigenvalue weighted by atomic mass is 9.91. The summed E-state index contributed by atoms with van der Waals surface area (Å²) in [5, 5.41) is 1.29. The van der Waals surface area contributed by atoms with Crippen molar-refractivity contribution >= 4 is 58.0 Å². The lowest BCUT2D eigenvalue weighted by Crippen LogP contribution is -2.07. The van der Waals surface area contributed by atoms with Gasteiger partial charge in [0.1, 0.15) is 4.33 Å². The highest BCUT2D eigenvalue weighted by Crippen LogP contribution is 2.69. The molecule has 118 valence electrons. The Morgan fingerprint density at radius 3 is 1.90 bits per heavy atom. The van der Waals surface area contributed by atoms with Crippen molar-refractivity contribution in [3.05, 3.63) is 32.8 Å². The van der Waals surface area contributed by atoms with Crippen molar-refractivity contribution in [1.82, 2.24) is 0 Å². The smallest absolute Gasteiger partial charge is 0.101 e. The molecule has 1 aliphatic carbocycles. The van der Waals surface area contributed by atoms with Crippen LogP contribution in [0.2, 0.25) is 15.1 Å². The van der Waals surface area contributed by atoms with Crippen molar-refractivity contribution < 1.29 is 0 Å². The minimum absolute atomic E-state index is 0.0798. The Labute approximate surface area is 152 Å². The van der Waals surface area contributed by atoms with E-state index in [-0.39, 0.29) is 11.8 Å². The van der Waals surface area contributed by atoms with Gasteiger partial charge in [0.25, 0.3) is 0 Å². The molecular weight excluding hydrogens is 369 g/mol. The van der Waals surface area contributed by atoms with Gasteiger partial charge in [-0.05, 0) is 23.6 Å². The number of hydrogen-bond acceptors (Lipinski definition) is 0. The Hall–Kier alpha value is 0.670. The van der Waals surface area contributed by atoms with Crippen LogP contribution in [0.25, 0.3) is 0 Å². The fourth-order valence-electron chi connectivity index (χ4n) is 3.37. The average Bonchev–Trinajstić information content (AvgIpc) is 2.98. The summed E-state index contributed by atoms with van der Waals surface area (Å²) in [4.78, 5) is 0. The summed E-state index contributed by atoms with van der Waals surface area (Å²) in [6.45, 7) is 4.39. The Morgan fingerprint density at radius 2 is 1.48 bits per heavy atom. The van der Waals surface area contributed by atoms with Gasteiger partial charge in [-0.15, -0.1) is 23.2 Å². The summed E-state index contributed by atoms with van der Waals surface area (Å²) < 4.78 is -0.727. The van der Waals surface area contributed by atoms with E-state index in [1.807, 2.05) is 12.1 Å². The molecule has 1 aromatic rings. The van der Waals surface area contributed by atoms with Crippen LogP contribution in [0.4, 0.5) is 0 Å². The van der Waals surface area contributed by atoms with Crippen LogP contribution in [-0.4, -0.2) is 4.33 Å². The Bertz CT molecular complexity index is 482. The molecule has 5 heteroatoms. The van der Waals surface area contributed by atoms with Gasteiger partial charge in [0, 0.05) is 11.8 Å². The third-order valence-corrected chi connectivity index (χ3v) is 6.47. The maximum Gasteiger partial charge on any atom is 0.129 e. The van der Waals surface area contributed by atoms with Crippen molar-refractivity contribution in [3.8, 4) is 0 Å². The summed E-state index contributed by atoms with van der Waals surface area (Å²) in [5.74, 6) is 0.874. The molecule has 1 aromatic carbocycles. The summed E-state index contributed by atoms with van der Waals surface area (Å²) in [6, 6.07) is 3.68. The molecule has 0 saturated heterocycles. The second-order valence-corrected chi connectivity index (χ2v) is 8.45. The minimum atomic E-state index is -0.727. The van der Waals surface area contributed by atoms with Gasteiger partial charge in [-0.2, -0.15) is 0 Å². The van der Waals surface area contributed by atoms with E-state index >= 15 is 0 Å². The maximum absolute atomic E-state index is 6.56. The molecule has 2 rings (SSSR count). The van der Waals surface area contributed by atoms with Crippen molar-refractivity contribution in [2.24, 2.45) is 11.8 Å². The first kappa shape index (κ1) is 18.0. The largest absolute Gasteiger partial charge is 0.129 e. The Kier molecular flexibility index (Phi) is 6.05. The quantitative estimate of drug-likeness (QED) is 0.345. The first-order valence-corrected chi connectivity index (χ1v) is 9.25. The molecule has 0 aromatic heterocycles. The normalized spacial score (nSPS) is 23.6. The Balaban J connectivity index is 2.28. The monoisotopic (exact) mass is 386 g/mol. The third-order valence-electron chi connectivity index (χ3n) is 4.30. The van der Waals surface area contributed by atoms with Crippen LogP contribution in [0.15, 0.2) is 12.1 Å². The second kappa shape index (κ2) is 7.05. The van der Waals surface area contributed by atoms with Gasteiger partial charge in [-0.1, -0.05) is 74.3 Å². The Morgan fingerprint density at radius 1 is 1.00 bits per heavy atom. The van der Waals surface area contributed by atoms with Gasteiger partial charge in [0.15, 0.2) is 0 Å². The van der Waals surface area contributed by atoms with Crippen LogP contribution < -0.4 is 0 Å². The number of halogens is 5. The van der Waals surface area contributed by atoms with Crippen molar-refractivity contribution in [2.45, 2.75) is 49.8 Å². The number of hydrogen-bond donors (Lipinski definition) is 0. The molecule has 0 radical (unpaired) electrons. The van der Waals surface area contributed by atoms with E-state index < -0.39 is 4.33 Å². The van der Waals surface area contributed by atoms with Crippen molar-refractivity contribution in [1.29, 1.82) is 0 Å². The summed E-state index contributed by atoms with van der Waals surface area (Å²) in [6.07, 6.45) is 4.57. The van der Waals surface area contributed by atoms with E-state index in [0.29, 0.717) is 21.0 Å². The van der Waals surface area contributed by atoms with Crippen LogP contribution in [-0.2, 0) is 0 Å². The SMILES string of the molecule is CCCC(CCC)C1C(c2cc(Cl)c(Cl)c(Cl)c2)C1(Cl)Cl. The molecule has 1 saturated carbocycles. The van der Waals surface area contributed by atoms with E-state index in [2.05, 4.69) is 13.8 Å². The number of rotatable bonds is 6. The maximum atomic E-state index is 6.56. The van der Waals surface area contributed by atoms with E-state index in [4.69, 9.17) is 58.0 Å². The van der Waals surface area contributed by atoms with Gasteiger partial charge < -0.3 is 0 Å². The highest BCUT2D eigenvalue weighted by molar-refractivity contribution is 6.52. The van der Waals surface area contributed by atoms with Crippen LogP contribution in [0.5, 0.6) is 0 Å². The van der Waals surface area contributed by atoms with Gasteiger partial charge >= 0.3 is 0 Å². The van der Waals surface area contributed by atoms with Gasteiger partial charge in [-0.3, -0.25) is 0 Å². The van der Waals surface area contributed by atoms with Crippen LogP contribution in [0.1, 0.15) is 51.0 Å². The van der Waals surface area contributed by atoms with E-state index in [0.717, 1.165) is 31.2 Å². The van der Waals surface area contributed by atoms with Gasteiger partial charge in [0.05, 0.1) is 15.1 Å². The third kappa shape index (κ3) is 3.61. The van der Waals surface area contributed by atoms with E-state index in [9.17, 15) is 0 Å². The first-order valence-electron chi connectivity index (χ1n) is 7.36. The van der Waals surface area contributed by atoms with Crippen LogP contribution in [0, 0.1) is 11.8 Å². The predicted molar refractivity (Wildman–Crippen MR) is 95.4 cm³/mol. The molecule has 0 spiro atoms. The van der Waals surface area contributed by atoms with Gasteiger partial charge in [-0.25, -0.2) is 0 Å². The molecule has 1 aliphatic rings. The molecule has 1 fully saturated rings. The molecule has 2 atom stereocenters. The average molecular weight is 389 g/mol. The van der Waals surface area contributed by atoms with Crippen LogP contribution >= 0.6 is 58.0 Å². The number of benzene rings is 1. The molecule has 0 bridgehead atoms.